The van der Waals surface area contributed by atoms with Crippen molar-refractivity contribution in [2.24, 2.45) is 5.92 Å². The van der Waals surface area contributed by atoms with Crippen molar-refractivity contribution in [3.05, 3.63) is 59.9 Å². The quantitative estimate of drug-likeness (QED) is 0.650. The van der Waals surface area contributed by atoms with Crippen LogP contribution in [0.15, 0.2) is 59.9 Å². The number of halogens is 2. The number of imidazole rings is 1. The molecule has 8 nitrogen and oxygen atoms in total. The van der Waals surface area contributed by atoms with Gasteiger partial charge in [-0.1, -0.05) is 19.1 Å². The van der Waals surface area contributed by atoms with Crippen LogP contribution in [0.2, 0.25) is 0 Å². The van der Waals surface area contributed by atoms with Crippen molar-refractivity contribution >= 4 is 23.5 Å². The number of hydrogen-bond acceptors (Lipinski definition) is 6. The van der Waals surface area contributed by atoms with Gasteiger partial charge in [-0.05, 0) is 31.4 Å². The van der Waals surface area contributed by atoms with E-state index in [4.69, 9.17) is 0 Å². The van der Waals surface area contributed by atoms with Crippen molar-refractivity contribution in [1.29, 1.82) is 0 Å². The van der Waals surface area contributed by atoms with Crippen LogP contribution in [-0.2, 0) is 9.59 Å². The Bertz CT molecular complexity index is 1180. The zero-order valence-corrected chi connectivity index (χ0v) is 18.3. The average Bonchev–Trinajstić information content (AvgIpc) is 3.19. The lowest BCUT2D eigenvalue weighted by Crippen LogP contribution is -2.18. The second kappa shape index (κ2) is 9.05. The Morgan fingerprint density at radius 2 is 1.97 bits per heavy atom. The van der Waals surface area contributed by atoms with E-state index in [0.717, 1.165) is 24.1 Å². The molecule has 2 aromatic heterocycles. The summed E-state index contributed by atoms with van der Waals surface area (Å²) in [6.07, 6.45) is 11.9. The van der Waals surface area contributed by atoms with Crippen LogP contribution in [0, 0.1) is 5.92 Å². The largest absolute Gasteiger partial charge is 0.325 e. The molecular formula is C23H24F2N6O2. The molecule has 0 unspecified atom stereocenters. The third-order valence-corrected chi connectivity index (χ3v) is 5.50. The van der Waals surface area contributed by atoms with Crippen LogP contribution >= 0.6 is 0 Å². The topological polar surface area (TPSA) is 102 Å². The Hall–Kier alpha value is -3.69. The van der Waals surface area contributed by atoms with Crippen molar-refractivity contribution < 1.29 is 18.4 Å². The number of amides is 1. The maximum absolute atomic E-state index is 13.2. The summed E-state index contributed by atoms with van der Waals surface area (Å²) in [7, 11) is 0. The number of rotatable bonds is 7. The fourth-order valence-corrected chi connectivity index (χ4v) is 3.50. The van der Waals surface area contributed by atoms with Crippen molar-refractivity contribution in [2.75, 3.05) is 10.6 Å². The molecule has 172 valence electrons. The highest BCUT2D eigenvalue weighted by atomic mass is 19.3. The number of carbonyl (C=O) groups is 2. The van der Waals surface area contributed by atoms with E-state index in [1.54, 1.807) is 17.0 Å². The number of nitrogens with one attached hydrogen (secondary N) is 2. The number of anilines is 2. The van der Waals surface area contributed by atoms with Crippen LogP contribution in [0.3, 0.4) is 0 Å². The van der Waals surface area contributed by atoms with Crippen LogP contribution in [-0.4, -0.2) is 37.1 Å². The molecule has 2 heterocycles. The maximum Gasteiger partial charge on any atom is 0.260 e. The van der Waals surface area contributed by atoms with Gasteiger partial charge in [0.25, 0.3) is 5.92 Å². The number of hydrogen-bond donors (Lipinski definition) is 2. The minimum absolute atomic E-state index is 0.0941. The van der Waals surface area contributed by atoms with E-state index in [1.807, 2.05) is 32.1 Å². The predicted octanol–water partition coefficient (Wildman–Crippen LogP) is 4.20. The van der Waals surface area contributed by atoms with E-state index in [-0.39, 0.29) is 11.6 Å². The van der Waals surface area contributed by atoms with Crippen molar-refractivity contribution in [3.8, 4) is 5.82 Å². The Balaban J connectivity index is 1.53. The molecule has 1 fully saturated rings. The van der Waals surface area contributed by atoms with Gasteiger partial charge in [0.05, 0.1) is 0 Å². The van der Waals surface area contributed by atoms with E-state index >= 15 is 0 Å². The maximum atomic E-state index is 13.2. The van der Waals surface area contributed by atoms with Crippen molar-refractivity contribution in [1.82, 2.24) is 19.5 Å². The standard InChI is InChI=1S/C23H24F2N6O2/c1-3-18(32)15-6-4-5-7-17(14(2)10-15)29-22-26-8-9-31(22)20-11-19(27-13-28-20)30-21(33)16-12-23(16,24)25/h6-11,13,16H,3-5,12H2,1-2H3,(H,26,29)(H,27,28,30,33)/b14-10-,15-6+,17-7?/t16-/m1/s1. The van der Waals surface area contributed by atoms with Gasteiger partial charge in [0.15, 0.2) is 5.78 Å². The van der Waals surface area contributed by atoms with Crippen LogP contribution in [0.4, 0.5) is 20.5 Å². The number of nitrogens with zero attached hydrogens (tertiary/aromatic N) is 4. The molecule has 33 heavy (non-hydrogen) atoms. The lowest BCUT2D eigenvalue weighted by molar-refractivity contribution is -0.119. The molecule has 2 aromatic rings. The summed E-state index contributed by atoms with van der Waals surface area (Å²) in [6, 6.07) is 1.49. The highest BCUT2D eigenvalue weighted by Crippen LogP contribution is 2.49. The van der Waals surface area contributed by atoms with E-state index < -0.39 is 24.2 Å². The Labute approximate surface area is 189 Å². The zero-order valence-electron chi connectivity index (χ0n) is 18.3. The van der Waals surface area contributed by atoms with Gasteiger partial charge in [-0.15, -0.1) is 0 Å². The minimum Gasteiger partial charge on any atom is -0.325 e. The summed E-state index contributed by atoms with van der Waals surface area (Å²) < 4.78 is 28.0. The second-order valence-corrected chi connectivity index (χ2v) is 7.97. The molecule has 0 bridgehead atoms. The third kappa shape index (κ3) is 5.05. The molecule has 4 rings (SSSR count). The summed E-state index contributed by atoms with van der Waals surface area (Å²) in [5.41, 5.74) is 2.40. The number of Topliss-reactive ketones (excluding diaryl/α,β-unsaturated/α-hetero) is 1. The second-order valence-electron chi connectivity index (χ2n) is 7.97. The monoisotopic (exact) mass is 454 g/mol. The number of alkyl halides is 2. The molecule has 0 radical (unpaired) electrons. The van der Waals surface area contributed by atoms with E-state index in [0.29, 0.717) is 23.8 Å². The number of aromatic nitrogens is 4. The van der Waals surface area contributed by atoms with Crippen LogP contribution < -0.4 is 10.6 Å². The van der Waals surface area contributed by atoms with Crippen LogP contribution in [0.25, 0.3) is 5.82 Å². The summed E-state index contributed by atoms with van der Waals surface area (Å²) in [4.78, 5) is 36.7. The van der Waals surface area contributed by atoms with Crippen LogP contribution in [0.5, 0.6) is 0 Å². The normalized spacial score (nSPS) is 22.5. The highest BCUT2D eigenvalue weighted by molar-refractivity contribution is 5.98. The first-order valence-corrected chi connectivity index (χ1v) is 10.7. The summed E-state index contributed by atoms with van der Waals surface area (Å²) in [5.74, 6) is -3.95. The van der Waals surface area contributed by atoms with E-state index in [2.05, 4.69) is 25.6 Å². The molecule has 1 atom stereocenters. The highest BCUT2D eigenvalue weighted by Gasteiger charge is 2.61. The van der Waals surface area contributed by atoms with E-state index in [9.17, 15) is 18.4 Å². The number of carbonyl (C=O) groups excluding carboxylic acids is 2. The van der Waals surface area contributed by atoms with Crippen molar-refractivity contribution in [2.45, 2.75) is 45.5 Å². The van der Waals surface area contributed by atoms with Gasteiger partial charge < -0.3 is 10.6 Å². The molecule has 0 aliphatic heterocycles. The van der Waals surface area contributed by atoms with Crippen molar-refractivity contribution in [3.63, 3.8) is 0 Å². The molecule has 10 heteroatoms. The molecule has 1 amide bonds. The van der Waals surface area contributed by atoms with Gasteiger partial charge in [0.2, 0.25) is 11.9 Å². The first-order valence-electron chi connectivity index (χ1n) is 10.7. The van der Waals surface area contributed by atoms with Gasteiger partial charge in [-0.25, -0.2) is 23.7 Å². The van der Waals surface area contributed by atoms with Gasteiger partial charge in [-0.3, -0.25) is 14.2 Å². The van der Waals surface area contributed by atoms with Gasteiger partial charge in [0.1, 0.15) is 23.9 Å². The Morgan fingerprint density at radius 3 is 2.70 bits per heavy atom. The molecule has 2 aliphatic rings. The molecule has 2 aliphatic carbocycles. The summed E-state index contributed by atoms with van der Waals surface area (Å²) in [6.45, 7) is 3.76. The SMILES string of the molecule is CCC(=O)C1=C/CCC=C(Nc2nccn2-c2cc(NC(=O)[C@H]3CC3(F)F)ncn2)/C(C)=C\1. The number of ketones is 1. The zero-order chi connectivity index (χ0) is 23.6. The fourth-order valence-electron chi connectivity index (χ4n) is 3.50. The lowest BCUT2D eigenvalue weighted by Gasteiger charge is -2.15. The summed E-state index contributed by atoms with van der Waals surface area (Å²) >= 11 is 0. The molecule has 0 saturated heterocycles. The Morgan fingerprint density at radius 1 is 1.21 bits per heavy atom. The first-order chi connectivity index (χ1) is 15.8. The molecule has 0 spiro atoms. The number of allylic oxidation sites excluding steroid dienone is 5. The van der Waals surface area contributed by atoms with Gasteiger partial charge in [-0.2, -0.15) is 0 Å². The molecule has 0 aromatic carbocycles. The molecular weight excluding hydrogens is 430 g/mol. The minimum atomic E-state index is -2.95. The average molecular weight is 454 g/mol. The predicted molar refractivity (Wildman–Crippen MR) is 119 cm³/mol. The van der Waals surface area contributed by atoms with Gasteiger partial charge >= 0.3 is 0 Å². The van der Waals surface area contributed by atoms with E-state index in [1.165, 1.54) is 12.4 Å². The third-order valence-electron chi connectivity index (χ3n) is 5.50. The molecule has 2 N–H and O–H groups in total. The Kier molecular flexibility index (Phi) is 6.17. The lowest BCUT2D eigenvalue weighted by atomic mass is 10.00. The smallest absolute Gasteiger partial charge is 0.260 e. The summed E-state index contributed by atoms with van der Waals surface area (Å²) in [5, 5.41) is 5.70. The first kappa shape index (κ1) is 22.5. The van der Waals surface area contributed by atoms with Crippen LogP contribution in [0.1, 0.15) is 39.5 Å². The fraction of sp³-hybridized carbons (Fsp3) is 0.348. The van der Waals surface area contributed by atoms with Gasteiger partial charge in [0, 0.05) is 42.6 Å². The molecule has 1 saturated carbocycles.